The average Bonchev–Trinajstić information content (AvgIpc) is 2.97. The number of benzene rings is 1. The maximum atomic E-state index is 12.0. The monoisotopic (exact) mass is 434 g/mol. The molecule has 0 unspecified atom stereocenters. The maximum Gasteiger partial charge on any atom is 0.300 e. The Labute approximate surface area is 148 Å². The van der Waals surface area contributed by atoms with Crippen molar-refractivity contribution >= 4 is 34.7 Å². The quantitative estimate of drug-likeness (QED) is 0.421. The number of carbonyl (C=O) groups excluding carboxylic acids is 1. The van der Waals surface area contributed by atoms with E-state index in [1.807, 2.05) is 13.0 Å². The van der Waals surface area contributed by atoms with Gasteiger partial charge < -0.3 is 18.9 Å². The van der Waals surface area contributed by atoms with Gasteiger partial charge in [0.1, 0.15) is 0 Å². The van der Waals surface area contributed by atoms with Crippen LogP contribution in [0.4, 0.5) is 0 Å². The first-order valence-electron chi connectivity index (χ1n) is 7.12. The first kappa shape index (κ1) is 18.0. The molecular formula is C15H19IN2O5. The van der Waals surface area contributed by atoms with Crippen molar-refractivity contribution in [3.63, 3.8) is 0 Å². The first-order chi connectivity index (χ1) is 11.0. The van der Waals surface area contributed by atoms with Gasteiger partial charge in [-0.25, -0.2) is 5.43 Å². The minimum Gasteiger partial charge on any atom is -0.493 e. The van der Waals surface area contributed by atoms with Gasteiger partial charge in [0, 0.05) is 0 Å². The number of hydrazone groups is 1. The number of rotatable bonds is 6. The Bertz CT molecular complexity index is 600. The van der Waals surface area contributed by atoms with Gasteiger partial charge in [0.2, 0.25) is 5.79 Å². The molecule has 1 amide bonds. The highest BCUT2D eigenvalue weighted by Gasteiger charge is 2.39. The summed E-state index contributed by atoms with van der Waals surface area (Å²) >= 11 is 2.16. The van der Waals surface area contributed by atoms with Crippen LogP contribution in [0.1, 0.15) is 19.4 Å². The molecule has 1 aliphatic rings. The number of halogens is 1. The van der Waals surface area contributed by atoms with E-state index in [1.165, 1.54) is 6.21 Å². The van der Waals surface area contributed by atoms with Gasteiger partial charge in [-0.2, -0.15) is 5.10 Å². The average molecular weight is 434 g/mol. The fraction of sp³-hybridized carbons (Fsp3) is 0.467. The van der Waals surface area contributed by atoms with E-state index >= 15 is 0 Å². The van der Waals surface area contributed by atoms with E-state index in [0.29, 0.717) is 31.3 Å². The number of nitrogens with zero attached hydrogens (tertiary/aromatic N) is 1. The minimum absolute atomic E-state index is 0.391. The molecule has 0 radical (unpaired) electrons. The number of hydrogen-bond acceptors (Lipinski definition) is 6. The summed E-state index contributed by atoms with van der Waals surface area (Å²) in [6.45, 7) is 4.81. The van der Waals surface area contributed by atoms with Crippen LogP contribution >= 0.6 is 22.6 Å². The van der Waals surface area contributed by atoms with Crippen LogP contribution in [0, 0.1) is 3.57 Å². The van der Waals surface area contributed by atoms with Gasteiger partial charge in [0.15, 0.2) is 11.5 Å². The Morgan fingerprint density at radius 3 is 2.78 bits per heavy atom. The van der Waals surface area contributed by atoms with Crippen LogP contribution in [0.3, 0.4) is 0 Å². The molecule has 0 aromatic heterocycles. The highest BCUT2D eigenvalue weighted by atomic mass is 127. The molecule has 2 rings (SSSR count). The summed E-state index contributed by atoms with van der Waals surface area (Å²) in [6.07, 6.45) is 1.52. The second-order valence-corrected chi connectivity index (χ2v) is 5.97. The van der Waals surface area contributed by atoms with Crippen molar-refractivity contribution in [2.45, 2.75) is 19.6 Å². The molecule has 126 valence electrons. The van der Waals surface area contributed by atoms with Gasteiger partial charge >= 0.3 is 0 Å². The summed E-state index contributed by atoms with van der Waals surface area (Å²) in [5.41, 5.74) is 3.19. The standard InChI is InChI=1S/C15H19IN2O5/c1-4-21-13-11(16)7-10(8-12(13)20-3)9-17-18-14(19)15(2)22-5-6-23-15/h7-9H,4-6H2,1-3H3,(H,18,19)/b17-9-. The van der Waals surface area contributed by atoms with Crippen LogP contribution in [0.5, 0.6) is 11.5 Å². The summed E-state index contributed by atoms with van der Waals surface area (Å²) in [4.78, 5) is 12.0. The molecule has 1 saturated heterocycles. The van der Waals surface area contributed by atoms with Gasteiger partial charge in [-0.1, -0.05) is 0 Å². The molecule has 7 nitrogen and oxygen atoms in total. The Kier molecular flexibility index (Phi) is 6.19. The number of methoxy groups -OCH3 is 1. The zero-order valence-electron chi connectivity index (χ0n) is 13.2. The van der Waals surface area contributed by atoms with Crippen molar-refractivity contribution in [2.75, 3.05) is 26.9 Å². The summed E-state index contributed by atoms with van der Waals surface area (Å²) in [7, 11) is 1.58. The number of ether oxygens (including phenoxy) is 4. The smallest absolute Gasteiger partial charge is 0.300 e. The highest BCUT2D eigenvalue weighted by Crippen LogP contribution is 2.33. The van der Waals surface area contributed by atoms with E-state index in [2.05, 4.69) is 33.1 Å². The fourth-order valence-electron chi connectivity index (χ4n) is 2.01. The zero-order chi connectivity index (χ0) is 16.9. The third-order valence-electron chi connectivity index (χ3n) is 3.17. The molecule has 1 aliphatic heterocycles. The van der Waals surface area contributed by atoms with E-state index in [0.717, 1.165) is 9.13 Å². The van der Waals surface area contributed by atoms with Crippen molar-refractivity contribution in [1.29, 1.82) is 0 Å². The van der Waals surface area contributed by atoms with Gasteiger partial charge in [0.25, 0.3) is 5.91 Å². The lowest BCUT2D eigenvalue weighted by Gasteiger charge is -2.18. The van der Waals surface area contributed by atoms with Crippen molar-refractivity contribution < 1.29 is 23.7 Å². The van der Waals surface area contributed by atoms with Crippen LogP contribution < -0.4 is 14.9 Å². The Morgan fingerprint density at radius 2 is 2.17 bits per heavy atom. The van der Waals surface area contributed by atoms with Crippen molar-refractivity contribution in [2.24, 2.45) is 5.10 Å². The predicted octanol–water partition coefficient (Wildman–Crippen LogP) is 1.91. The lowest BCUT2D eigenvalue weighted by molar-refractivity contribution is -0.176. The third kappa shape index (κ3) is 4.33. The maximum absolute atomic E-state index is 12.0. The molecule has 1 aromatic carbocycles. The van der Waals surface area contributed by atoms with Crippen molar-refractivity contribution in [3.8, 4) is 11.5 Å². The molecule has 1 fully saturated rings. The van der Waals surface area contributed by atoms with E-state index < -0.39 is 11.7 Å². The second kappa shape index (κ2) is 7.93. The second-order valence-electron chi connectivity index (χ2n) is 4.81. The topological polar surface area (TPSA) is 78.4 Å². The molecule has 0 saturated carbocycles. The van der Waals surface area contributed by atoms with Gasteiger partial charge in [-0.05, 0) is 54.1 Å². The van der Waals surface area contributed by atoms with Crippen LogP contribution in [0.15, 0.2) is 17.2 Å². The molecule has 0 aliphatic carbocycles. The largest absolute Gasteiger partial charge is 0.493 e. The van der Waals surface area contributed by atoms with E-state index in [9.17, 15) is 4.79 Å². The van der Waals surface area contributed by atoms with Crippen LogP contribution in [0.2, 0.25) is 0 Å². The number of amides is 1. The number of hydrogen-bond donors (Lipinski definition) is 1. The van der Waals surface area contributed by atoms with Crippen LogP contribution in [-0.4, -0.2) is 44.8 Å². The molecule has 0 spiro atoms. The van der Waals surface area contributed by atoms with E-state index in [-0.39, 0.29) is 0 Å². The SMILES string of the molecule is CCOc1c(I)cc(/C=N\NC(=O)C2(C)OCCO2)cc1OC. The fourth-order valence-corrected chi connectivity index (χ4v) is 2.79. The predicted molar refractivity (Wildman–Crippen MR) is 92.9 cm³/mol. The third-order valence-corrected chi connectivity index (χ3v) is 3.97. The van der Waals surface area contributed by atoms with Gasteiger partial charge in [-0.3, -0.25) is 4.79 Å². The summed E-state index contributed by atoms with van der Waals surface area (Å²) in [5, 5.41) is 3.94. The summed E-state index contributed by atoms with van der Waals surface area (Å²) < 4.78 is 22.3. The Balaban J connectivity index is 2.07. The van der Waals surface area contributed by atoms with Gasteiger partial charge in [-0.15, -0.1) is 0 Å². The minimum atomic E-state index is -1.28. The molecule has 0 bridgehead atoms. The molecular weight excluding hydrogens is 415 g/mol. The molecule has 1 N–H and O–H groups in total. The molecule has 1 heterocycles. The summed E-state index contributed by atoms with van der Waals surface area (Å²) in [5.74, 6) is -0.417. The number of carbonyl (C=O) groups is 1. The van der Waals surface area contributed by atoms with Crippen LogP contribution in [-0.2, 0) is 14.3 Å². The Morgan fingerprint density at radius 1 is 1.48 bits per heavy atom. The normalized spacial score (nSPS) is 16.5. The van der Waals surface area contributed by atoms with Crippen molar-refractivity contribution in [1.82, 2.24) is 5.43 Å². The highest BCUT2D eigenvalue weighted by molar-refractivity contribution is 14.1. The lowest BCUT2D eigenvalue weighted by Crippen LogP contribution is -2.43. The number of nitrogens with one attached hydrogen (secondary N) is 1. The van der Waals surface area contributed by atoms with Gasteiger partial charge in [0.05, 0.1) is 36.7 Å². The first-order valence-corrected chi connectivity index (χ1v) is 8.19. The molecule has 1 aromatic rings. The molecule has 8 heteroatoms. The zero-order valence-corrected chi connectivity index (χ0v) is 15.4. The molecule has 23 heavy (non-hydrogen) atoms. The molecule has 0 atom stereocenters. The Hall–Kier alpha value is -1.39. The lowest BCUT2D eigenvalue weighted by atomic mass is 10.2. The van der Waals surface area contributed by atoms with E-state index in [4.69, 9.17) is 18.9 Å². The summed E-state index contributed by atoms with van der Waals surface area (Å²) in [6, 6.07) is 3.67. The van der Waals surface area contributed by atoms with E-state index in [1.54, 1.807) is 20.1 Å². The van der Waals surface area contributed by atoms with Crippen molar-refractivity contribution in [3.05, 3.63) is 21.3 Å². The van der Waals surface area contributed by atoms with Crippen LogP contribution in [0.25, 0.3) is 0 Å².